The van der Waals surface area contributed by atoms with Crippen molar-refractivity contribution in [3.8, 4) is 11.1 Å². The Kier molecular flexibility index (Phi) is 4.30. The van der Waals surface area contributed by atoms with Crippen LogP contribution in [0.15, 0.2) is 72.0 Å². The van der Waals surface area contributed by atoms with Crippen molar-refractivity contribution in [3.63, 3.8) is 0 Å². The Morgan fingerprint density at radius 3 is 2.70 bits per heavy atom. The monoisotopic (exact) mass is 416 g/mol. The first-order valence-corrected chi connectivity index (χ1v) is 11.1. The molecular formula is C23H20N4O2S. The molecule has 1 N–H and O–H groups in total. The van der Waals surface area contributed by atoms with Crippen molar-refractivity contribution in [3.05, 3.63) is 84.0 Å². The van der Waals surface area contributed by atoms with Gasteiger partial charge in [-0.15, -0.1) is 0 Å². The summed E-state index contributed by atoms with van der Waals surface area (Å²) in [7, 11) is -0.103. The highest BCUT2D eigenvalue weighted by Gasteiger charge is 2.19. The lowest BCUT2D eigenvalue weighted by atomic mass is 9.97. The largest absolute Gasteiger partial charge is 0.334 e. The highest BCUT2D eigenvalue weighted by Crippen LogP contribution is 2.35. The molecule has 0 saturated carbocycles. The molecule has 5 rings (SSSR count). The first-order chi connectivity index (χ1) is 14.5. The molecule has 0 fully saturated rings. The van der Waals surface area contributed by atoms with Crippen LogP contribution in [0.1, 0.15) is 16.8 Å². The second kappa shape index (κ2) is 6.90. The van der Waals surface area contributed by atoms with E-state index in [1.807, 2.05) is 36.3 Å². The van der Waals surface area contributed by atoms with Crippen molar-refractivity contribution >= 4 is 26.6 Å². The third kappa shape index (κ3) is 3.03. The molecule has 0 bridgehead atoms. The summed E-state index contributed by atoms with van der Waals surface area (Å²) in [6.45, 7) is 0. The molecule has 4 aromatic rings. The smallest absolute Gasteiger partial charge is 0.240 e. The van der Waals surface area contributed by atoms with Crippen molar-refractivity contribution in [2.45, 2.75) is 11.3 Å². The van der Waals surface area contributed by atoms with Gasteiger partial charge in [0.1, 0.15) is 0 Å². The number of hydrogen-bond acceptors (Lipinski definition) is 4. The van der Waals surface area contributed by atoms with Gasteiger partial charge in [-0.05, 0) is 54.1 Å². The van der Waals surface area contributed by atoms with E-state index in [1.54, 1.807) is 18.2 Å². The Bertz CT molecular complexity index is 1430. The number of fused-ring (bicyclic) bond motifs is 2. The number of hydrogen-bond donors (Lipinski definition) is 1. The molecule has 7 heteroatoms. The minimum Gasteiger partial charge on any atom is -0.334 e. The summed E-state index contributed by atoms with van der Waals surface area (Å²) >= 11 is 0. The molecule has 0 spiro atoms. The summed E-state index contributed by atoms with van der Waals surface area (Å²) in [5, 5.41) is 0. The zero-order valence-electron chi connectivity index (χ0n) is 16.6. The van der Waals surface area contributed by atoms with Crippen molar-refractivity contribution in [1.82, 2.24) is 19.3 Å². The number of nitrogens with one attached hydrogen (secondary N) is 1. The number of nitrogens with zero attached hydrogens (tertiary/aromatic N) is 3. The van der Waals surface area contributed by atoms with E-state index in [1.165, 1.54) is 7.05 Å². The maximum atomic E-state index is 12.2. The maximum Gasteiger partial charge on any atom is 0.240 e. The third-order valence-corrected chi connectivity index (χ3v) is 6.95. The fraction of sp³-hybridized carbons (Fsp3) is 0.130. The zero-order chi connectivity index (χ0) is 20.9. The van der Waals surface area contributed by atoms with Gasteiger partial charge in [0.2, 0.25) is 10.0 Å². The van der Waals surface area contributed by atoms with Crippen molar-refractivity contribution in [2.24, 2.45) is 7.05 Å². The number of sulfonamides is 1. The molecule has 0 atom stereocenters. The van der Waals surface area contributed by atoms with Gasteiger partial charge in [-0.25, -0.2) is 18.1 Å². The van der Waals surface area contributed by atoms with E-state index >= 15 is 0 Å². The van der Waals surface area contributed by atoms with Gasteiger partial charge in [0.15, 0.2) is 0 Å². The molecule has 1 aliphatic carbocycles. The van der Waals surface area contributed by atoms with Crippen molar-refractivity contribution < 1.29 is 8.42 Å². The fourth-order valence-electron chi connectivity index (χ4n) is 3.88. The van der Waals surface area contributed by atoms with Crippen LogP contribution in [0.5, 0.6) is 0 Å². The molecule has 0 unspecified atom stereocenters. The number of aromatic nitrogens is 3. The van der Waals surface area contributed by atoms with Crippen LogP contribution in [0.25, 0.3) is 27.7 Å². The van der Waals surface area contributed by atoms with Crippen molar-refractivity contribution in [2.75, 3.05) is 7.05 Å². The molecule has 0 saturated heterocycles. The van der Waals surface area contributed by atoms with Crippen LogP contribution >= 0.6 is 0 Å². The van der Waals surface area contributed by atoms with Crippen LogP contribution in [0, 0.1) is 0 Å². The lowest BCUT2D eigenvalue weighted by Crippen LogP contribution is -2.18. The highest BCUT2D eigenvalue weighted by atomic mass is 32.2. The molecular weight excluding hydrogens is 396 g/mol. The second-order valence-corrected chi connectivity index (χ2v) is 9.22. The summed E-state index contributed by atoms with van der Waals surface area (Å²) in [6.07, 6.45) is 6.60. The highest BCUT2D eigenvalue weighted by molar-refractivity contribution is 7.89. The molecule has 2 aromatic heterocycles. The van der Waals surface area contributed by atoms with E-state index in [9.17, 15) is 8.42 Å². The number of benzene rings is 2. The number of allylic oxidation sites excluding steroid dienone is 1. The summed E-state index contributed by atoms with van der Waals surface area (Å²) in [5.41, 5.74) is 8.11. The molecule has 2 aromatic carbocycles. The molecule has 150 valence electrons. The van der Waals surface area contributed by atoms with Gasteiger partial charge < -0.3 is 4.57 Å². The Hall–Kier alpha value is -3.29. The first kappa shape index (κ1) is 18.7. The average Bonchev–Trinajstić information content (AvgIpc) is 3.36. The van der Waals surface area contributed by atoms with Crippen LogP contribution in [-0.4, -0.2) is 30.0 Å². The van der Waals surface area contributed by atoms with Gasteiger partial charge in [-0.2, -0.15) is 0 Å². The van der Waals surface area contributed by atoms with Crippen LogP contribution in [0.3, 0.4) is 0 Å². The minimum absolute atomic E-state index is 0.237. The predicted molar refractivity (Wildman–Crippen MR) is 117 cm³/mol. The van der Waals surface area contributed by atoms with E-state index in [-0.39, 0.29) is 4.90 Å². The van der Waals surface area contributed by atoms with Gasteiger partial charge in [0.05, 0.1) is 28.0 Å². The maximum absolute atomic E-state index is 12.2. The minimum atomic E-state index is -3.50. The SMILES string of the molecule is CNS(=O)(=O)c1cccc(-c2cnc3c(c2)C(c2ccc4ncn(C)c4c2)=CC3)c1. The standard InChI is InChI=1S/C23H20N4O2S/c1-24-30(28,29)18-5-3-4-15(10-18)17-11-20-19(7-9-21(20)25-13-17)16-6-8-22-23(12-16)27(2)14-26-22/h3-8,10-14,24H,9H2,1-2H3. The molecule has 0 aliphatic heterocycles. The van der Waals surface area contributed by atoms with E-state index in [4.69, 9.17) is 0 Å². The van der Waals surface area contributed by atoms with E-state index < -0.39 is 10.0 Å². The summed E-state index contributed by atoms with van der Waals surface area (Å²) in [6, 6.07) is 15.3. The molecule has 2 heterocycles. The predicted octanol–water partition coefficient (Wildman–Crippen LogP) is 3.53. The Balaban J connectivity index is 1.58. The van der Waals surface area contributed by atoms with E-state index in [0.717, 1.165) is 51.0 Å². The molecule has 30 heavy (non-hydrogen) atoms. The Morgan fingerprint density at radius 2 is 1.87 bits per heavy atom. The summed E-state index contributed by atoms with van der Waals surface area (Å²) in [4.78, 5) is 9.29. The second-order valence-electron chi connectivity index (χ2n) is 7.33. The third-order valence-electron chi connectivity index (χ3n) is 5.54. The number of imidazole rings is 1. The Labute approximate surface area is 175 Å². The number of pyridine rings is 1. The van der Waals surface area contributed by atoms with Gasteiger partial charge in [0, 0.05) is 30.8 Å². The molecule has 0 amide bonds. The average molecular weight is 417 g/mol. The summed E-state index contributed by atoms with van der Waals surface area (Å²) < 4.78 is 28.7. The van der Waals surface area contributed by atoms with E-state index in [2.05, 4.69) is 39.0 Å². The quantitative estimate of drug-likeness (QED) is 0.552. The van der Waals surface area contributed by atoms with Crippen LogP contribution in [0.4, 0.5) is 0 Å². The zero-order valence-corrected chi connectivity index (χ0v) is 17.4. The van der Waals surface area contributed by atoms with Crippen LogP contribution in [-0.2, 0) is 23.5 Å². The first-order valence-electron chi connectivity index (χ1n) is 9.61. The molecule has 6 nitrogen and oxygen atoms in total. The number of rotatable bonds is 4. The molecule has 0 radical (unpaired) electrons. The lowest BCUT2D eigenvalue weighted by molar-refractivity contribution is 0.588. The normalized spacial score (nSPS) is 13.5. The summed E-state index contributed by atoms with van der Waals surface area (Å²) in [5.74, 6) is 0. The Morgan fingerprint density at radius 1 is 1.00 bits per heavy atom. The van der Waals surface area contributed by atoms with E-state index in [0.29, 0.717) is 0 Å². The van der Waals surface area contributed by atoms with Gasteiger partial charge in [0.25, 0.3) is 0 Å². The van der Waals surface area contributed by atoms with Crippen LogP contribution in [0.2, 0.25) is 0 Å². The molecule has 1 aliphatic rings. The lowest BCUT2D eigenvalue weighted by Gasteiger charge is -2.10. The van der Waals surface area contributed by atoms with Gasteiger partial charge in [-0.3, -0.25) is 4.98 Å². The van der Waals surface area contributed by atoms with Crippen LogP contribution < -0.4 is 4.72 Å². The fourth-order valence-corrected chi connectivity index (χ4v) is 4.66. The number of aryl methyl sites for hydroxylation is 1. The van der Waals surface area contributed by atoms with Gasteiger partial charge in [-0.1, -0.05) is 24.3 Å². The topological polar surface area (TPSA) is 76.9 Å². The van der Waals surface area contributed by atoms with Crippen molar-refractivity contribution in [1.29, 1.82) is 0 Å². The van der Waals surface area contributed by atoms with Gasteiger partial charge >= 0.3 is 0 Å².